The SMILES string of the molecule is CN=C(NCCOc1ccc(C(F)(F)F)cn1)NCc1cc(C(C)C)no1. The number of guanidine groups is 1. The highest BCUT2D eigenvalue weighted by molar-refractivity contribution is 5.79. The molecule has 10 heteroatoms. The Morgan fingerprint density at radius 1 is 1.30 bits per heavy atom. The normalized spacial score (nSPS) is 12.3. The van der Waals surface area contributed by atoms with E-state index in [1.54, 1.807) is 7.05 Å². The fourth-order valence-corrected chi connectivity index (χ4v) is 2.03. The fraction of sp³-hybridized carbons (Fsp3) is 0.471. The van der Waals surface area contributed by atoms with Crippen LogP contribution in [0.1, 0.15) is 36.8 Å². The molecule has 0 aliphatic heterocycles. The average Bonchev–Trinajstić information content (AvgIpc) is 3.10. The molecule has 0 radical (unpaired) electrons. The molecule has 2 N–H and O–H groups in total. The molecule has 0 unspecified atom stereocenters. The summed E-state index contributed by atoms with van der Waals surface area (Å²) >= 11 is 0. The molecule has 0 saturated heterocycles. The van der Waals surface area contributed by atoms with Gasteiger partial charge in [0, 0.05) is 25.4 Å². The molecule has 2 aromatic heterocycles. The number of aromatic nitrogens is 2. The summed E-state index contributed by atoms with van der Waals surface area (Å²) in [6.07, 6.45) is -3.67. The maximum Gasteiger partial charge on any atom is 0.417 e. The van der Waals surface area contributed by atoms with Gasteiger partial charge in [0.2, 0.25) is 5.88 Å². The van der Waals surface area contributed by atoms with Crippen LogP contribution in [0.5, 0.6) is 5.88 Å². The van der Waals surface area contributed by atoms with Crippen LogP contribution < -0.4 is 15.4 Å². The van der Waals surface area contributed by atoms with Crippen molar-refractivity contribution in [2.24, 2.45) is 4.99 Å². The molecule has 0 spiro atoms. The van der Waals surface area contributed by atoms with Crippen LogP contribution in [0.25, 0.3) is 0 Å². The van der Waals surface area contributed by atoms with Crippen LogP contribution in [0.3, 0.4) is 0 Å². The Hall–Kier alpha value is -2.78. The summed E-state index contributed by atoms with van der Waals surface area (Å²) in [6, 6.07) is 4.00. The molecule has 27 heavy (non-hydrogen) atoms. The molecular formula is C17H22F3N5O2. The topological polar surface area (TPSA) is 84.6 Å². The molecule has 0 fully saturated rings. The number of nitrogens with one attached hydrogen (secondary N) is 2. The lowest BCUT2D eigenvalue weighted by Crippen LogP contribution is -2.38. The van der Waals surface area contributed by atoms with E-state index in [2.05, 4.69) is 25.8 Å². The zero-order chi connectivity index (χ0) is 19.9. The minimum atomic E-state index is -4.41. The van der Waals surface area contributed by atoms with Crippen LogP contribution in [-0.4, -0.2) is 36.3 Å². The van der Waals surface area contributed by atoms with Crippen LogP contribution >= 0.6 is 0 Å². The van der Waals surface area contributed by atoms with Crippen molar-refractivity contribution in [3.63, 3.8) is 0 Å². The van der Waals surface area contributed by atoms with Gasteiger partial charge in [-0.25, -0.2) is 4.98 Å². The van der Waals surface area contributed by atoms with Crippen molar-refractivity contribution < 1.29 is 22.4 Å². The van der Waals surface area contributed by atoms with Crippen molar-refractivity contribution in [1.82, 2.24) is 20.8 Å². The van der Waals surface area contributed by atoms with Crippen molar-refractivity contribution in [3.8, 4) is 5.88 Å². The lowest BCUT2D eigenvalue weighted by molar-refractivity contribution is -0.137. The number of nitrogens with zero attached hydrogens (tertiary/aromatic N) is 3. The molecule has 0 aliphatic rings. The van der Waals surface area contributed by atoms with Crippen LogP contribution in [0.2, 0.25) is 0 Å². The highest BCUT2D eigenvalue weighted by Gasteiger charge is 2.30. The molecule has 0 aliphatic carbocycles. The summed E-state index contributed by atoms with van der Waals surface area (Å²) in [5, 5.41) is 10.1. The van der Waals surface area contributed by atoms with Crippen LogP contribution in [0, 0.1) is 0 Å². The van der Waals surface area contributed by atoms with Crippen molar-refractivity contribution >= 4 is 5.96 Å². The summed E-state index contributed by atoms with van der Waals surface area (Å²) in [5.74, 6) is 1.62. The van der Waals surface area contributed by atoms with Gasteiger partial charge in [0.05, 0.1) is 24.3 Å². The largest absolute Gasteiger partial charge is 0.476 e. The summed E-state index contributed by atoms with van der Waals surface area (Å²) in [7, 11) is 1.62. The van der Waals surface area contributed by atoms with Crippen molar-refractivity contribution in [1.29, 1.82) is 0 Å². The van der Waals surface area contributed by atoms with Gasteiger partial charge in [-0.1, -0.05) is 19.0 Å². The van der Waals surface area contributed by atoms with E-state index in [0.717, 1.165) is 18.0 Å². The lowest BCUT2D eigenvalue weighted by atomic mass is 10.1. The first-order chi connectivity index (χ1) is 12.8. The second-order valence-corrected chi connectivity index (χ2v) is 5.96. The molecule has 0 bridgehead atoms. The van der Waals surface area contributed by atoms with E-state index in [1.165, 1.54) is 6.07 Å². The van der Waals surface area contributed by atoms with Crippen LogP contribution in [-0.2, 0) is 12.7 Å². The van der Waals surface area contributed by atoms with E-state index in [-0.39, 0.29) is 18.4 Å². The standard InChI is InChI=1S/C17H22F3N5O2/c1-11(2)14-8-13(27-25-14)10-24-16(21-3)22-6-7-26-15-5-4-12(9-23-15)17(18,19)20/h4-5,8-9,11H,6-7,10H2,1-3H3,(H2,21,22,24). The molecule has 0 amide bonds. The van der Waals surface area contributed by atoms with E-state index in [1.807, 2.05) is 19.9 Å². The quantitative estimate of drug-likeness (QED) is 0.433. The fourth-order valence-electron chi connectivity index (χ4n) is 2.03. The summed E-state index contributed by atoms with van der Waals surface area (Å²) in [5.41, 5.74) is 0.0674. The zero-order valence-corrected chi connectivity index (χ0v) is 15.3. The maximum absolute atomic E-state index is 12.5. The molecule has 2 aromatic rings. The Kier molecular flexibility index (Phi) is 7.03. The second kappa shape index (κ2) is 9.24. The summed E-state index contributed by atoms with van der Waals surface area (Å²) < 4.78 is 47.9. The van der Waals surface area contributed by atoms with Gasteiger partial charge in [-0.15, -0.1) is 0 Å². The average molecular weight is 385 g/mol. The Morgan fingerprint density at radius 3 is 2.63 bits per heavy atom. The van der Waals surface area contributed by atoms with E-state index >= 15 is 0 Å². The van der Waals surface area contributed by atoms with Crippen molar-refractivity contribution in [3.05, 3.63) is 41.4 Å². The van der Waals surface area contributed by atoms with Crippen LogP contribution in [0.15, 0.2) is 33.9 Å². The predicted molar refractivity (Wildman–Crippen MR) is 93.5 cm³/mol. The zero-order valence-electron chi connectivity index (χ0n) is 15.3. The molecule has 0 aromatic carbocycles. The maximum atomic E-state index is 12.5. The van der Waals surface area contributed by atoms with E-state index in [4.69, 9.17) is 9.26 Å². The predicted octanol–water partition coefficient (Wildman–Crippen LogP) is 2.96. The van der Waals surface area contributed by atoms with Gasteiger partial charge in [0.15, 0.2) is 11.7 Å². The molecular weight excluding hydrogens is 363 g/mol. The van der Waals surface area contributed by atoms with Gasteiger partial charge >= 0.3 is 6.18 Å². The minimum Gasteiger partial charge on any atom is -0.476 e. The number of alkyl halides is 3. The second-order valence-electron chi connectivity index (χ2n) is 5.96. The highest BCUT2D eigenvalue weighted by atomic mass is 19.4. The smallest absolute Gasteiger partial charge is 0.417 e. The number of hydrogen-bond donors (Lipinski definition) is 2. The number of pyridine rings is 1. The van der Waals surface area contributed by atoms with Crippen molar-refractivity contribution in [2.45, 2.75) is 32.5 Å². The van der Waals surface area contributed by atoms with E-state index in [0.29, 0.717) is 24.8 Å². The number of hydrogen-bond acceptors (Lipinski definition) is 5. The number of halogens is 3. The van der Waals surface area contributed by atoms with Crippen molar-refractivity contribution in [2.75, 3.05) is 20.2 Å². The minimum absolute atomic E-state index is 0.121. The van der Waals surface area contributed by atoms with Gasteiger partial charge in [-0.3, -0.25) is 4.99 Å². The summed E-state index contributed by atoms with van der Waals surface area (Å²) in [6.45, 7) is 5.07. The Labute approximate surface area is 155 Å². The summed E-state index contributed by atoms with van der Waals surface area (Å²) in [4.78, 5) is 7.70. The first-order valence-electron chi connectivity index (χ1n) is 8.35. The molecule has 2 heterocycles. The van der Waals surface area contributed by atoms with E-state index < -0.39 is 11.7 Å². The molecule has 0 atom stereocenters. The molecule has 0 saturated carbocycles. The highest BCUT2D eigenvalue weighted by Crippen LogP contribution is 2.29. The van der Waals surface area contributed by atoms with E-state index in [9.17, 15) is 13.2 Å². The molecule has 2 rings (SSSR count). The third-order valence-corrected chi connectivity index (χ3v) is 3.53. The molecule has 148 valence electrons. The Morgan fingerprint density at radius 2 is 2.07 bits per heavy atom. The van der Waals surface area contributed by atoms with Gasteiger partial charge in [-0.05, 0) is 12.0 Å². The Balaban J connectivity index is 1.71. The first-order valence-corrected chi connectivity index (χ1v) is 8.35. The van der Waals surface area contributed by atoms with Gasteiger partial charge in [-0.2, -0.15) is 13.2 Å². The third kappa shape index (κ3) is 6.46. The van der Waals surface area contributed by atoms with Gasteiger partial charge in [0.1, 0.15) is 6.61 Å². The molecule has 7 nitrogen and oxygen atoms in total. The third-order valence-electron chi connectivity index (χ3n) is 3.53. The van der Waals surface area contributed by atoms with Crippen LogP contribution in [0.4, 0.5) is 13.2 Å². The monoisotopic (exact) mass is 385 g/mol. The number of rotatable bonds is 7. The Bertz CT molecular complexity index is 742. The number of ether oxygens (including phenoxy) is 1. The van der Waals surface area contributed by atoms with Gasteiger partial charge in [0.25, 0.3) is 0 Å². The number of aliphatic imine (C=N–C) groups is 1. The first kappa shape index (κ1) is 20.5. The van der Waals surface area contributed by atoms with Gasteiger partial charge < -0.3 is 19.9 Å². The lowest BCUT2D eigenvalue weighted by Gasteiger charge is -2.11.